The van der Waals surface area contributed by atoms with Gasteiger partial charge >= 0.3 is 0 Å². The summed E-state index contributed by atoms with van der Waals surface area (Å²) in [6.07, 6.45) is 5.65. The summed E-state index contributed by atoms with van der Waals surface area (Å²) in [4.78, 5) is 1.13. The Hall–Kier alpha value is -0.620. The van der Waals surface area contributed by atoms with Crippen LogP contribution in [0.25, 0.3) is 5.57 Å². The molecule has 0 aliphatic heterocycles. The normalized spacial score (nSPS) is 20.4. The molecule has 3 nitrogen and oxygen atoms in total. The van der Waals surface area contributed by atoms with Crippen LogP contribution in [-0.4, -0.2) is 13.7 Å². The second kappa shape index (κ2) is 4.57. The number of thiophene rings is 1. The molecular weight excluding hydrogens is 278 g/mol. The minimum absolute atomic E-state index is 0.399. The standard InChI is InChI=1S/C11H12ClNO2S2/c1-7-6-10(11(12)16-7)8-2-4-9(5-3-8)17(13,14)15/h2-4,6,9H,5H2,1H3,(H2,13,14,15). The van der Waals surface area contributed by atoms with Gasteiger partial charge in [0.25, 0.3) is 0 Å². The van der Waals surface area contributed by atoms with E-state index < -0.39 is 15.3 Å². The highest BCUT2D eigenvalue weighted by Gasteiger charge is 2.21. The zero-order chi connectivity index (χ0) is 12.6. The molecule has 0 radical (unpaired) electrons. The van der Waals surface area contributed by atoms with E-state index in [9.17, 15) is 8.42 Å². The van der Waals surface area contributed by atoms with Crippen molar-refractivity contribution in [1.82, 2.24) is 0 Å². The fourth-order valence-corrected chi connectivity index (χ4v) is 3.66. The van der Waals surface area contributed by atoms with Crippen LogP contribution >= 0.6 is 22.9 Å². The number of primary sulfonamides is 1. The van der Waals surface area contributed by atoms with Gasteiger partial charge in [0.15, 0.2) is 0 Å². The molecule has 1 aliphatic carbocycles. The van der Waals surface area contributed by atoms with Crippen molar-refractivity contribution in [1.29, 1.82) is 0 Å². The molecular formula is C11H12ClNO2S2. The number of sulfonamides is 1. The first-order chi connectivity index (χ1) is 7.88. The van der Waals surface area contributed by atoms with Gasteiger partial charge in [0.2, 0.25) is 10.0 Å². The molecule has 0 saturated carbocycles. The van der Waals surface area contributed by atoms with Crippen LogP contribution in [0.4, 0.5) is 0 Å². The molecule has 0 aromatic carbocycles. The van der Waals surface area contributed by atoms with E-state index in [1.165, 1.54) is 11.3 Å². The SMILES string of the molecule is Cc1cc(C2=CCC(S(N)(=O)=O)C=C2)c(Cl)s1. The Labute approximate surface area is 110 Å². The largest absolute Gasteiger partial charge is 0.228 e. The van der Waals surface area contributed by atoms with Crippen molar-refractivity contribution in [2.45, 2.75) is 18.6 Å². The predicted octanol–water partition coefficient (Wildman–Crippen LogP) is 2.71. The summed E-state index contributed by atoms with van der Waals surface area (Å²) in [7, 11) is -3.50. The van der Waals surface area contributed by atoms with Crippen molar-refractivity contribution < 1.29 is 8.42 Å². The number of halogens is 1. The Balaban J connectivity index is 2.26. The van der Waals surface area contributed by atoms with Gasteiger partial charge in [0, 0.05) is 10.4 Å². The highest BCUT2D eigenvalue weighted by atomic mass is 35.5. The van der Waals surface area contributed by atoms with Crippen molar-refractivity contribution in [3.63, 3.8) is 0 Å². The van der Waals surface area contributed by atoms with Gasteiger partial charge in [-0.25, -0.2) is 13.6 Å². The van der Waals surface area contributed by atoms with Crippen LogP contribution in [0.3, 0.4) is 0 Å². The van der Waals surface area contributed by atoms with Gasteiger partial charge < -0.3 is 0 Å². The minimum atomic E-state index is -3.50. The summed E-state index contributed by atoms with van der Waals surface area (Å²) in [6, 6.07) is 2.00. The van der Waals surface area contributed by atoms with E-state index in [4.69, 9.17) is 16.7 Å². The van der Waals surface area contributed by atoms with Crippen molar-refractivity contribution in [2.24, 2.45) is 5.14 Å². The molecule has 1 aliphatic rings. The molecule has 92 valence electrons. The van der Waals surface area contributed by atoms with E-state index in [0.29, 0.717) is 6.42 Å². The first-order valence-electron chi connectivity index (χ1n) is 5.04. The molecule has 2 N–H and O–H groups in total. The van der Waals surface area contributed by atoms with Gasteiger partial charge in [-0.3, -0.25) is 0 Å². The zero-order valence-electron chi connectivity index (χ0n) is 9.18. The maximum absolute atomic E-state index is 11.2. The molecule has 2 rings (SSSR count). The third kappa shape index (κ3) is 2.80. The van der Waals surface area contributed by atoms with Gasteiger partial charge in [-0.05, 0) is 25.0 Å². The Morgan fingerprint density at radius 1 is 1.53 bits per heavy atom. The molecule has 17 heavy (non-hydrogen) atoms. The molecule has 0 amide bonds. The first-order valence-corrected chi connectivity index (χ1v) is 7.84. The van der Waals surface area contributed by atoms with Gasteiger partial charge in [-0.2, -0.15) is 0 Å². The van der Waals surface area contributed by atoms with Gasteiger partial charge in [-0.15, -0.1) is 11.3 Å². The molecule has 0 spiro atoms. The van der Waals surface area contributed by atoms with Crippen LogP contribution in [0.15, 0.2) is 24.3 Å². The van der Waals surface area contributed by atoms with E-state index in [2.05, 4.69) is 0 Å². The summed E-state index contributed by atoms with van der Waals surface area (Å²) >= 11 is 7.62. The predicted molar refractivity (Wildman–Crippen MR) is 72.7 cm³/mol. The molecule has 6 heteroatoms. The number of allylic oxidation sites excluding steroid dienone is 3. The van der Waals surface area contributed by atoms with Crippen molar-refractivity contribution in [3.8, 4) is 0 Å². The lowest BCUT2D eigenvalue weighted by Crippen LogP contribution is -2.27. The Kier molecular flexibility index (Phi) is 3.45. The first kappa shape index (κ1) is 12.8. The van der Waals surface area contributed by atoms with Crippen molar-refractivity contribution in [2.75, 3.05) is 0 Å². The van der Waals surface area contributed by atoms with Gasteiger partial charge in [-0.1, -0.05) is 29.8 Å². The lowest BCUT2D eigenvalue weighted by molar-refractivity contribution is 0.590. The van der Waals surface area contributed by atoms with Crippen LogP contribution in [0.2, 0.25) is 4.34 Å². The molecule has 1 aromatic heterocycles. The molecule has 1 heterocycles. The number of nitrogens with two attached hydrogens (primary N) is 1. The Bertz CT molecular complexity index is 599. The van der Waals surface area contributed by atoms with E-state index in [-0.39, 0.29) is 0 Å². The average Bonchev–Trinajstić information content (AvgIpc) is 2.57. The van der Waals surface area contributed by atoms with Crippen LogP contribution in [-0.2, 0) is 10.0 Å². The number of rotatable bonds is 2. The topological polar surface area (TPSA) is 60.2 Å². The summed E-state index contributed by atoms with van der Waals surface area (Å²) in [5.74, 6) is 0. The quantitative estimate of drug-likeness (QED) is 0.910. The van der Waals surface area contributed by atoms with E-state index in [1.807, 2.05) is 19.1 Å². The van der Waals surface area contributed by atoms with Gasteiger partial charge in [0.05, 0.1) is 5.25 Å². The average molecular weight is 290 g/mol. The molecule has 0 bridgehead atoms. The third-order valence-corrected chi connectivity index (χ3v) is 5.07. The summed E-state index contributed by atoms with van der Waals surface area (Å²) < 4.78 is 23.1. The van der Waals surface area contributed by atoms with Crippen molar-refractivity contribution >= 4 is 38.5 Å². The summed E-state index contributed by atoms with van der Waals surface area (Å²) in [5, 5.41) is 4.48. The lowest BCUT2D eigenvalue weighted by Gasteiger charge is -2.13. The van der Waals surface area contributed by atoms with Crippen molar-refractivity contribution in [3.05, 3.63) is 39.1 Å². The molecule has 1 aromatic rings. The molecule has 1 unspecified atom stereocenters. The fraction of sp³-hybridized carbons (Fsp3) is 0.273. The second-order valence-corrected chi connectivity index (χ2v) is 7.57. The third-order valence-electron chi connectivity index (χ3n) is 2.60. The number of hydrogen-bond acceptors (Lipinski definition) is 3. The van der Waals surface area contributed by atoms with Crippen LogP contribution < -0.4 is 5.14 Å². The monoisotopic (exact) mass is 289 g/mol. The van der Waals surface area contributed by atoms with Crippen LogP contribution in [0.1, 0.15) is 16.9 Å². The smallest absolute Gasteiger partial charge is 0.215 e. The number of aryl methyl sites for hydroxylation is 1. The molecule has 1 atom stereocenters. The Morgan fingerprint density at radius 3 is 2.65 bits per heavy atom. The van der Waals surface area contributed by atoms with E-state index in [1.54, 1.807) is 12.2 Å². The molecule has 0 fully saturated rings. The zero-order valence-corrected chi connectivity index (χ0v) is 11.6. The maximum Gasteiger partial charge on any atom is 0.215 e. The highest BCUT2D eigenvalue weighted by molar-refractivity contribution is 7.89. The summed E-state index contributed by atoms with van der Waals surface area (Å²) in [5.41, 5.74) is 1.91. The lowest BCUT2D eigenvalue weighted by atomic mass is 10.0. The minimum Gasteiger partial charge on any atom is -0.228 e. The van der Waals surface area contributed by atoms with E-state index >= 15 is 0 Å². The van der Waals surface area contributed by atoms with E-state index in [0.717, 1.165) is 20.4 Å². The molecule has 0 saturated heterocycles. The van der Waals surface area contributed by atoms with Crippen LogP contribution in [0, 0.1) is 6.92 Å². The highest BCUT2D eigenvalue weighted by Crippen LogP contribution is 2.34. The number of hydrogen-bond donors (Lipinski definition) is 1. The Morgan fingerprint density at radius 2 is 2.24 bits per heavy atom. The van der Waals surface area contributed by atoms with Crippen LogP contribution in [0.5, 0.6) is 0 Å². The summed E-state index contributed by atoms with van der Waals surface area (Å²) in [6.45, 7) is 1.99. The van der Waals surface area contributed by atoms with Gasteiger partial charge in [0.1, 0.15) is 4.34 Å². The second-order valence-electron chi connectivity index (χ2n) is 3.93. The maximum atomic E-state index is 11.2. The fourth-order valence-electron chi connectivity index (χ4n) is 1.73.